The van der Waals surface area contributed by atoms with E-state index in [2.05, 4.69) is 4.98 Å². The second-order valence-electron chi connectivity index (χ2n) is 6.88. The summed E-state index contributed by atoms with van der Waals surface area (Å²) in [6.45, 7) is 1.37. The highest BCUT2D eigenvalue weighted by atomic mass is 32.2. The number of fused-ring (bicyclic) bond motifs is 1. The fraction of sp³-hybridized carbons (Fsp3) is 0.350. The summed E-state index contributed by atoms with van der Waals surface area (Å²) in [6.07, 6.45) is 2.93. The fourth-order valence-corrected chi connectivity index (χ4v) is 5.18. The van der Waals surface area contributed by atoms with E-state index in [4.69, 9.17) is 4.74 Å². The van der Waals surface area contributed by atoms with E-state index in [-0.39, 0.29) is 4.90 Å². The number of ether oxygens (including phenoxy) is 1. The van der Waals surface area contributed by atoms with Crippen molar-refractivity contribution in [2.24, 2.45) is 5.92 Å². The van der Waals surface area contributed by atoms with Crippen LogP contribution in [0.1, 0.15) is 31.1 Å². The molecule has 6 nitrogen and oxygen atoms in total. The molecule has 3 heterocycles. The third kappa shape index (κ3) is 3.50. The first-order chi connectivity index (χ1) is 13.1. The van der Waals surface area contributed by atoms with Crippen molar-refractivity contribution in [2.45, 2.75) is 30.3 Å². The topological polar surface area (TPSA) is 81.4 Å². The molecule has 7 heteroatoms. The number of pyridine rings is 1. The monoisotopic (exact) mass is 386 g/mol. The molecule has 0 amide bonds. The molecule has 1 saturated heterocycles. The molecular weight excluding hydrogens is 364 g/mol. The van der Waals surface area contributed by atoms with E-state index in [0.717, 1.165) is 12.8 Å². The maximum Gasteiger partial charge on any atom is 0.269 e. The number of aliphatic hydroxyl groups excluding tert-OH is 1. The predicted molar refractivity (Wildman–Crippen MR) is 102 cm³/mol. The SMILES string of the molecule is O=S(=O)(c1ccccc1)n1c([C@H](O)CC2CCOCC2)cc2cccnc21. The number of benzene rings is 1. The molecule has 27 heavy (non-hydrogen) atoms. The molecule has 0 saturated carbocycles. The maximum atomic E-state index is 13.3. The molecule has 0 unspecified atom stereocenters. The molecule has 0 bridgehead atoms. The van der Waals surface area contributed by atoms with Gasteiger partial charge >= 0.3 is 0 Å². The molecule has 2 aromatic heterocycles. The van der Waals surface area contributed by atoms with Gasteiger partial charge in [0.15, 0.2) is 5.65 Å². The molecule has 1 atom stereocenters. The van der Waals surface area contributed by atoms with Crippen molar-refractivity contribution in [1.29, 1.82) is 0 Å². The Bertz CT molecular complexity index is 1020. The normalized spacial score (nSPS) is 17.2. The summed E-state index contributed by atoms with van der Waals surface area (Å²) < 4.78 is 33.2. The smallest absolute Gasteiger partial charge is 0.269 e. The number of aromatic nitrogens is 2. The summed E-state index contributed by atoms with van der Waals surface area (Å²) in [5.74, 6) is 0.313. The van der Waals surface area contributed by atoms with Crippen molar-refractivity contribution < 1.29 is 18.3 Å². The Morgan fingerprint density at radius 1 is 1.15 bits per heavy atom. The van der Waals surface area contributed by atoms with Crippen LogP contribution in [0.15, 0.2) is 59.6 Å². The van der Waals surface area contributed by atoms with Gasteiger partial charge in [-0.05, 0) is 55.5 Å². The van der Waals surface area contributed by atoms with Crippen molar-refractivity contribution in [2.75, 3.05) is 13.2 Å². The molecule has 142 valence electrons. The lowest BCUT2D eigenvalue weighted by Gasteiger charge is -2.24. The van der Waals surface area contributed by atoms with E-state index in [1.807, 2.05) is 6.07 Å². The van der Waals surface area contributed by atoms with Crippen LogP contribution in [0.4, 0.5) is 0 Å². The average Bonchev–Trinajstić information content (AvgIpc) is 3.10. The Hall–Kier alpha value is -2.22. The molecule has 0 aliphatic carbocycles. The van der Waals surface area contributed by atoms with E-state index in [1.165, 1.54) is 3.97 Å². The highest BCUT2D eigenvalue weighted by Crippen LogP contribution is 2.33. The second kappa shape index (κ2) is 7.42. The molecule has 3 aromatic rings. The van der Waals surface area contributed by atoms with E-state index >= 15 is 0 Å². The minimum Gasteiger partial charge on any atom is -0.387 e. The zero-order valence-electron chi connectivity index (χ0n) is 14.9. The van der Waals surface area contributed by atoms with Crippen LogP contribution in [-0.2, 0) is 14.8 Å². The molecule has 1 aliphatic heterocycles. The predicted octanol–water partition coefficient (Wildman–Crippen LogP) is 3.12. The van der Waals surface area contributed by atoms with Crippen molar-refractivity contribution in [3.05, 3.63) is 60.4 Å². The van der Waals surface area contributed by atoms with Gasteiger partial charge in [0.1, 0.15) is 0 Å². The first-order valence-corrected chi connectivity index (χ1v) is 10.5. The first kappa shape index (κ1) is 18.2. The van der Waals surface area contributed by atoms with Gasteiger partial charge in [-0.1, -0.05) is 18.2 Å². The van der Waals surface area contributed by atoms with Gasteiger partial charge < -0.3 is 9.84 Å². The van der Waals surface area contributed by atoms with Crippen LogP contribution in [0.5, 0.6) is 0 Å². The van der Waals surface area contributed by atoms with Crippen LogP contribution in [-0.4, -0.2) is 35.7 Å². The molecular formula is C20H22N2O4S. The largest absolute Gasteiger partial charge is 0.387 e. The Morgan fingerprint density at radius 3 is 2.63 bits per heavy atom. The molecule has 0 radical (unpaired) electrons. The Labute approximate surface area is 158 Å². The minimum atomic E-state index is -3.87. The quantitative estimate of drug-likeness (QED) is 0.729. The van der Waals surface area contributed by atoms with Gasteiger partial charge in [0.2, 0.25) is 0 Å². The van der Waals surface area contributed by atoms with E-state index < -0.39 is 16.1 Å². The standard InChI is InChI=1S/C20H22N2O4S/c23-19(13-15-8-11-26-12-9-15)18-14-16-5-4-10-21-20(16)22(18)27(24,25)17-6-2-1-3-7-17/h1-7,10,14-15,19,23H,8-9,11-13H2/t19-/m1/s1. The minimum absolute atomic E-state index is 0.174. The highest BCUT2D eigenvalue weighted by Gasteiger charge is 2.28. The van der Waals surface area contributed by atoms with Gasteiger partial charge in [-0.3, -0.25) is 0 Å². The van der Waals surface area contributed by atoms with Gasteiger partial charge in [-0.15, -0.1) is 0 Å². The number of nitrogens with zero attached hydrogens (tertiary/aromatic N) is 2. The lowest BCUT2D eigenvalue weighted by molar-refractivity contribution is 0.0426. The average molecular weight is 386 g/mol. The summed E-state index contributed by atoms with van der Waals surface area (Å²) in [6, 6.07) is 13.5. The third-order valence-corrected chi connectivity index (χ3v) is 6.80. The highest BCUT2D eigenvalue weighted by molar-refractivity contribution is 7.90. The molecule has 1 aliphatic rings. The lowest BCUT2D eigenvalue weighted by Crippen LogP contribution is -2.21. The summed E-state index contributed by atoms with van der Waals surface area (Å²) in [5, 5.41) is 11.6. The lowest BCUT2D eigenvalue weighted by atomic mass is 9.92. The molecule has 0 spiro atoms. The van der Waals surface area contributed by atoms with E-state index in [9.17, 15) is 13.5 Å². The maximum absolute atomic E-state index is 13.3. The number of hydrogen-bond acceptors (Lipinski definition) is 5. The van der Waals surface area contributed by atoms with E-state index in [1.54, 1.807) is 48.7 Å². The van der Waals surface area contributed by atoms with Crippen molar-refractivity contribution in [3.8, 4) is 0 Å². The van der Waals surface area contributed by atoms with E-state index in [0.29, 0.717) is 42.3 Å². The van der Waals surface area contributed by atoms with Crippen LogP contribution in [0.25, 0.3) is 11.0 Å². The van der Waals surface area contributed by atoms with Gasteiger partial charge in [0.25, 0.3) is 10.0 Å². The second-order valence-corrected chi connectivity index (χ2v) is 8.66. The Kier molecular flexibility index (Phi) is 4.99. The van der Waals surface area contributed by atoms with Crippen molar-refractivity contribution in [3.63, 3.8) is 0 Å². The number of rotatable bonds is 5. The summed E-state index contributed by atoms with van der Waals surface area (Å²) in [4.78, 5) is 4.45. The summed E-state index contributed by atoms with van der Waals surface area (Å²) in [7, 11) is -3.87. The third-order valence-electron chi connectivity index (χ3n) is 5.07. The molecule has 1 fully saturated rings. The fourth-order valence-electron chi connectivity index (χ4n) is 3.63. The van der Waals surface area contributed by atoms with Crippen molar-refractivity contribution >= 4 is 21.1 Å². The molecule has 1 N–H and O–H groups in total. The number of hydrogen-bond donors (Lipinski definition) is 1. The van der Waals surface area contributed by atoms with Gasteiger partial charge in [0, 0.05) is 24.8 Å². The van der Waals surface area contributed by atoms with Crippen LogP contribution < -0.4 is 0 Å². The van der Waals surface area contributed by atoms with Gasteiger partial charge in [-0.25, -0.2) is 17.4 Å². The Morgan fingerprint density at radius 2 is 1.89 bits per heavy atom. The summed E-state index contributed by atoms with van der Waals surface area (Å²) >= 11 is 0. The Balaban J connectivity index is 1.80. The molecule has 1 aromatic carbocycles. The zero-order valence-corrected chi connectivity index (χ0v) is 15.7. The van der Waals surface area contributed by atoms with Crippen LogP contribution in [0.2, 0.25) is 0 Å². The van der Waals surface area contributed by atoms with Crippen LogP contribution in [0, 0.1) is 5.92 Å². The van der Waals surface area contributed by atoms with Crippen LogP contribution >= 0.6 is 0 Å². The first-order valence-electron chi connectivity index (χ1n) is 9.10. The molecule has 4 rings (SSSR count). The number of aliphatic hydroxyl groups is 1. The van der Waals surface area contributed by atoms with Gasteiger partial charge in [0.05, 0.1) is 16.7 Å². The van der Waals surface area contributed by atoms with Crippen LogP contribution in [0.3, 0.4) is 0 Å². The van der Waals surface area contributed by atoms with Gasteiger partial charge in [-0.2, -0.15) is 0 Å². The summed E-state index contributed by atoms with van der Waals surface area (Å²) in [5.41, 5.74) is 0.696. The van der Waals surface area contributed by atoms with Crippen molar-refractivity contribution in [1.82, 2.24) is 8.96 Å². The zero-order chi connectivity index (χ0) is 18.9.